The molecule has 2 nitrogen and oxygen atoms in total. The predicted molar refractivity (Wildman–Crippen MR) is 46.5 cm³/mol. The number of hydrogen-bond donors (Lipinski definition) is 2. The van der Waals surface area contributed by atoms with E-state index in [4.69, 9.17) is 10.2 Å². The van der Waals surface area contributed by atoms with Gasteiger partial charge in [-0.1, -0.05) is 12.2 Å². The van der Waals surface area contributed by atoms with Gasteiger partial charge in [-0.25, -0.2) is 0 Å². The van der Waals surface area contributed by atoms with E-state index in [1.807, 2.05) is 0 Å². The Bertz CT molecular complexity index is 168. The molecule has 0 aromatic carbocycles. The van der Waals surface area contributed by atoms with Gasteiger partial charge in [0.1, 0.15) is 0 Å². The Balaban J connectivity index is 2.18. The van der Waals surface area contributed by atoms with Gasteiger partial charge >= 0.3 is 0 Å². The average molecular weight is 168 g/mol. The number of aliphatic hydroxyl groups is 2. The molecule has 2 bridgehead atoms. The fraction of sp³-hybridized carbons (Fsp3) is 0.800. The topological polar surface area (TPSA) is 40.5 Å². The Hall–Kier alpha value is -0.340. The molecule has 3 aliphatic rings. The van der Waals surface area contributed by atoms with E-state index in [1.165, 1.54) is 12.8 Å². The fourth-order valence-corrected chi connectivity index (χ4v) is 2.75. The molecule has 68 valence electrons. The summed E-state index contributed by atoms with van der Waals surface area (Å²) >= 11 is 0. The first kappa shape index (κ1) is 8.27. The summed E-state index contributed by atoms with van der Waals surface area (Å²) in [5, 5.41) is 18.3. The zero-order valence-electron chi connectivity index (χ0n) is 7.19. The molecule has 0 aromatic heterocycles. The lowest BCUT2D eigenvalue weighted by Gasteiger charge is -2.43. The molecule has 4 atom stereocenters. The highest BCUT2D eigenvalue weighted by molar-refractivity contribution is 5.09. The van der Waals surface area contributed by atoms with Gasteiger partial charge in [-0.15, -0.1) is 0 Å². The molecule has 3 aliphatic carbocycles. The number of aliphatic hydroxyl groups excluding tert-OH is 2. The number of fused-ring (bicyclic) bond motifs is 2. The molecule has 0 heterocycles. The highest BCUT2D eigenvalue weighted by atomic mass is 16.3. The van der Waals surface area contributed by atoms with Crippen molar-refractivity contribution in [3.8, 4) is 0 Å². The summed E-state index contributed by atoms with van der Waals surface area (Å²) in [6.07, 6.45) is 6.84. The normalized spacial score (nSPS) is 45.2. The van der Waals surface area contributed by atoms with Crippen molar-refractivity contribution in [2.24, 2.45) is 23.7 Å². The Morgan fingerprint density at radius 3 is 1.58 bits per heavy atom. The lowest BCUT2D eigenvalue weighted by atomic mass is 9.63. The smallest absolute Gasteiger partial charge is 0.0468 e. The van der Waals surface area contributed by atoms with Crippen molar-refractivity contribution in [2.75, 3.05) is 13.2 Å². The average Bonchev–Trinajstić information content (AvgIpc) is 2.18. The van der Waals surface area contributed by atoms with Crippen LogP contribution in [0.25, 0.3) is 0 Å². The molecule has 12 heavy (non-hydrogen) atoms. The minimum atomic E-state index is 0.233. The molecule has 1 fully saturated rings. The molecule has 2 N–H and O–H groups in total. The van der Waals surface area contributed by atoms with E-state index in [2.05, 4.69) is 12.2 Å². The molecular formula is C10H16O2. The summed E-state index contributed by atoms with van der Waals surface area (Å²) < 4.78 is 0. The molecule has 0 spiro atoms. The largest absolute Gasteiger partial charge is 0.396 e. The Labute approximate surface area is 72.9 Å². The van der Waals surface area contributed by atoms with Crippen LogP contribution in [0.1, 0.15) is 12.8 Å². The third kappa shape index (κ3) is 1.10. The molecule has 2 heteroatoms. The van der Waals surface area contributed by atoms with Gasteiger partial charge in [0.2, 0.25) is 0 Å². The van der Waals surface area contributed by atoms with Crippen molar-refractivity contribution in [3.05, 3.63) is 12.2 Å². The predicted octanol–water partition coefficient (Wildman–Crippen LogP) is 0.799. The van der Waals surface area contributed by atoms with Crippen molar-refractivity contribution in [1.29, 1.82) is 0 Å². The van der Waals surface area contributed by atoms with Crippen molar-refractivity contribution in [1.82, 2.24) is 0 Å². The minimum Gasteiger partial charge on any atom is -0.396 e. The molecule has 0 amide bonds. The standard InChI is InChI=1S/C10H16O2/c11-5-9-7-1-2-8(4-3-7)10(9)6-12/h1-2,7-12H,3-6H2/t7-,8-,9-,10+/m1/s1. The SMILES string of the molecule is OC[C@@H]1[C@H](CO)[C@@H]2C=C[C@@H]1CC2. The van der Waals surface area contributed by atoms with Crippen LogP contribution in [0.15, 0.2) is 12.2 Å². The van der Waals surface area contributed by atoms with Gasteiger partial charge in [0.05, 0.1) is 0 Å². The van der Waals surface area contributed by atoms with Crippen LogP contribution in [0.5, 0.6) is 0 Å². The molecule has 1 saturated carbocycles. The molecule has 3 rings (SSSR count). The van der Waals surface area contributed by atoms with Gasteiger partial charge in [-0.3, -0.25) is 0 Å². The third-order valence-corrected chi connectivity index (χ3v) is 3.51. The molecule has 0 aliphatic heterocycles. The summed E-state index contributed by atoms with van der Waals surface area (Å²) in [7, 11) is 0. The molecule has 0 saturated heterocycles. The van der Waals surface area contributed by atoms with E-state index < -0.39 is 0 Å². The third-order valence-electron chi connectivity index (χ3n) is 3.51. The summed E-state index contributed by atoms with van der Waals surface area (Å²) in [6, 6.07) is 0. The van der Waals surface area contributed by atoms with Crippen molar-refractivity contribution >= 4 is 0 Å². The van der Waals surface area contributed by atoms with Crippen LogP contribution in [-0.2, 0) is 0 Å². The quantitative estimate of drug-likeness (QED) is 0.599. The van der Waals surface area contributed by atoms with Crippen molar-refractivity contribution in [3.63, 3.8) is 0 Å². The van der Waals surface area contributed by atoms with Gasteiger partial charge in [-0.2, -0.15) is 0 Å². The Kier molecular flexibility index (Phi) is 2.20. The van der Waals surface area contributed by atoms with E-state index in [0.717, 1.165) is 0 Å². The van der Waals surface area contributed by atoms with Crippen molar-refractivity contribution in [2.45, 2.75) is 12.8 Å². The lowest BCUT2D eigenvalue weighted by molar-refractivity contribution is 0.0266. The number of hydrogen-bond acceptors (Lipinski definition) is 2. The molecule has 0 unspecified atom stereocenters. The number of rotatable bonds is 2. The second-order valence-electron chi connectivity index (χ2n) is 3.98. The highest BCUT2D eigenvalue weighted by Crippen LogP contribution is 2.44. The van der Waals surface area contributed by atoms with Crippen LogP contribution in [-0.4, -0.2) is 23.4 Å². The summed E-state index contributed by atoms with van der Waals surface area (Å²) in [5.74, 6) is 1.69. The van der Waals surface area contributed by atoms with Gasteiger partial charge in [0.15, 0.2) is 0 Å². The maximum Gasteiger partial charge on any atom is 0.0468 e. The van der Waals surface area contributed by atoms with Gasteiger partial charge in [-0.05, 0) is 36.5 Å². The van der Waals surface area contributed by atoms with E-state index >= 15 is 0 Å². The first-order valence-electron chi connectivity index (χ1n) is 4.77. The second kappa shape index (κ2) is 3.19. The van der Waals surface area contributed by atoms with Crippen LogP contribution in [0.4, 0.5) is 0 Å². The van der Waals surface area contributed by atoms with Crippen LogP contribution in [0.3, 0.4) is 0 Å². The highest BCUT2D eigenvalue weighted by Gasteiger charge is 2.39. The zero-order valence-corrected chi connectivity index (χ0v) is 7.19. The second-order valence-corrected chi connectivity index (χ2v) is 3.98. The van der Waals surface area contributed by atoms with Gasteiger partial charge in [0.25, 0.3) is 0 Å². The van der Waals surface area contributed by atoms with E-state index in [9.17, 15) is 0 Å². The Morgan fingerprint density at radius 2 is 1.33 bits per heavy atom. The van der Waals surface area contributed by atoms with E-state index in [0.29, 0.717) is 23.7 Å². The molecular weight excluding hydrogens is 152 g/mol. The van der Waals surface area contributed by atoms with Crippen LogP contribution >= 0.6 is 0 Å². The maximum absolute atomic E-state index is 9.17. The monoisotopic (exact) mass is 168 g/mol. The van der Waals surface area contributed by atoms with Gasteiger partial charge in [0, 0.05) is 13.2 Å². The minimum absolute atomic E-state index is 0.233. The van der Waals surface area contributed by atoms with Gasteiger partial charge < -0.3 is 10.2 Å². The van der Waals surface area contributed by atoms with E-state index in [-0.39, 0.29) is 13.2 Å². The first-order valence-corrected chi connectivity index (χ1v) is 4.77. The fourth-order valence-electron chi connectivity index (χ4n) is 2.75. The van der Waals surface area contributed by atoms with Crippen LogP contribution in [0.2, 0.25) is 0 Å². The van der Waals surface area contributed by atoms with E-state index in [1.54, 1.807) is 0 Å². The zero-order chi connectivity index (χ0) is 8.55. The number of allylic oxidation sites excluding steroid dienone is 2. The summed E-state index contributed by atoms with van der Waals surface area (Å²) in [4.78, 5) is 0. The van der Waals surface area contributed by atoms with Crippen molar-refractivity contribution < 1.29 is 10.2 Å². The maximum atomic E-state index is 9.17. The molecule has 0 aromatic rings. The van der Waals surface area contributed by atoms with Crippen LogP contribution in [0, 0.1) is 23.7 Å². The summed E-state index contributed by atoms with van der Waals surface area (Å²) in [5.41, 5.74) is 0. The Morgan fingerprint density at radius 1 is 0.917 bits per heavy atom. The first-order chi connectivity index (χ1) is 5.86. The van der Waals surface area contributed by atoms with Crippen LogP contribution < -0.4 is 0 Å². The lowest BCUT2D eigenvalue weighted by Crippen LogP contribution is -2.40. The summed E-state index contributed by atoms with van der Waals surface area (Å²) in [6.45, 7) is 0.466. The molecule has 0 radical (unpaired) electrons.